The second kappa shape index (κ2) is 10.2. The molecule has 0 bridgehead atoms. The number of halogens is 1. The van der Waals surface area contributed by atoms with Crippen LogP contribution in [-0.2, 0) is 4.79 Å². The smallest absolute Gasteiger partial charge is 0.236 e. The number of nitrogens with zero attached hydrogens (tertiary/aromatic N) is 6. The van der Waals surface area contributed by atoms with E-state index in [1.807, 2.05) is 17.0 Å². The molecule has 1 saturated carbocycles. The van der Waals surface area contributed by atoms with Gasteiger partial charge in [-0.15, -0.1) is 10.2 Å². The number of hydrogen-bond donors (Lipinski definition) is 0. The first-order valence-corrected chi connectivity index (χ1v) is 12.3. The van der Waals surface area contributed by atoms with Crippen molar-refractivity contribution in [1.82, 2.24) is 24.9 Å². The lowest BCUT2D eigenvalue weighted by atomic mass is 9.91. The molecule has 1 amide bonds. The summed E-state index contributed by atoms with van der Waals surface area (Å²) in [6.45, 7) is 7.44. The number of piperazine rings is 2. The number of carbonyl (C=O) groups excluding carboxylic acids is 1. The van der Waals surface area contributed by atoms with Crippen LogP contribution < -0.4 is 9.64 Å². The third-order valence-electron chi connectivity index (χ3n) is 7.40. The van der Waals surface area contributed by atoms with Crippen LogP contribution in [0.5, 0.6) is 5.75 Å². The first-order chi connectivity index (χ1) is 16.6. The van der Waals surface area contributed by atoms with Crippen molar-refractivity contribution in [3.8, 4) is 17.0 Å². The molecule has 2 aromatic rings. The Morgan fingerprint density at radius 3 is 2.38 bits per heavy atom. The fourth-order valence-corrected chi connectivity index (χ4v) is 5.03. The Kier molecular flexibility index (Phi) is 6.92. The lowest BCUT2D eigenvalue weighted by Gasteiger charge is -2.43. The molecule has 0 spiro atoms. The van der Waals surface area contributed by atoms with E-state index in [2.05, 4.69) is 24.9 Å². The Morgan fingerprint density at radius 2 is 1.76 bits per heavy atom. The van der Waals surface area contributed by atoms with Gasteiger partial charge in [0, 0.05) is 64.0 Å². The van der Waals surface area contributed by atoms with Crippen molar-refractivity contribution in [1.29, 1.82) is 0 Å². The number of hydrogen-bond acceptors (Lipinski definition) is 7. The lowest BCUT2D eigenvalue weighted by Crippen LogP contribution is -2.56. The average molecular weight is 469 g/mol. The molecule has 1 aromatic carbocycles. The molecule has 3 heterocycles. The van der Waals surface area contributed by atoms with Gasteiger partial charge in [0.25, 0.3) is 0 Å². The maximum atomic E-state index is 13.7. The second-order valence-electron chi connectivity index (χ2n) is 9.39. The van der Waals surface area contributed by atoms with E-state index in [4.69, 9.17) is 4.74 Å². The lowest BCUT2D eigenvalue weighted by molar-refractivity contribution is -0.134. The summed E-state index contributed by atoms with van der Waals surface area (Å²) >= 11 is 0. The minimum atomic E-state index is -0.340. The van der Waals surface area contributed by atoms with Gasteiger partial charge in [0.2, 0.25) is 5.91 Å². The van der Waals surface area contributed by atoms with Gasteiger partial charge in [-0.2, -0.15) is 0 Å². The fraction of sp³-hybridized carbons (Fsp3) is 0.560. The van der Waals surface area contributed by atoms with Crippen LogP contribution in [0, 0.1) is 5.82 Å². The molecule has 34 heavy (non-hydrogen) atoms. The zero-order valence-corrected chi connectivity index (χ0v) is 19.8. The van der Waals surface area contributed by atoms with Crippen molar-refractivity contribution in [2.75, 3.05) is 70.9 Å². The van der Waals surface area contributed by atoms with E-state index in [0.29, 0.717) is 23.6 Å². The first-order valence-electron chi connectivity index (χ1n) is 12.3. The highest BCUT2D eigenvalue weighted by Crippen LogP contribution is 2.29. The number of rotatable bonds is 6. The van der Waals surface area contributed by atoms with E-state index in [1.54, 1.807) is 13.2 Å². The number of carbonyl (C=O) groups is 1. The van der Waals surface area contributed by atoms with Crippen LogP contribution in [0.3, 0.4) is 0 Å². The molecule has 3 aliphatic rings. The van der Waals surface area contributed by atoms with Crippen molar-refractivity contribution in [2.24, 2.45) is 0 Å². The second-order valence-corrected chi connectivity index (χ2v) is 9.39. The van der Waals surface area contributed by atoms with Gasteiger partial charge < -0.3 is 14.5 Å². The molecule has 0 radical (unpaired) electrons. The molecular formula is C25H33FN6O2. The Labute approximate surface area is 200 Å². The predicted molar refractivity (Wildman–Crippen MR) is 128 cm³/mol. The molecule has 8 nitrogen and oxygen atoms in total. The Morgan fingerprint density at radius 1 is 1.00 bits per heavy atom. The molecule has 2 saturated heterocycles. The standard InChI is InChI=1S/C25H33FN6O2/c1-34-23-7-5-19(26)17-21(23)22-6-8-24(28-27-22)31-11-9-29(10-12-31)18-25(33)32-15-13-30(14-16-32)20-3-2-4-20/h5-8,17,20H,2-4,9-16,18H2,1H3. The molecule has 0 atom stereocenters. The minimum Gasteiger partial charge on any atom is -0.496 e. The van der Waals surface area contributed by atoms with Crippen LogP contribution in [0.15, 0.2) is 30.3 Å². The monoisotopic (exact) mass is 468 g/mol. The Hall–Kier alpha value is -2.78. The Bertz CT molecular complexity index is 983. The van der Waals surface area contributed by atoms with Gasteiger partial charge in [-0.05, 0) is 43.2 Å². The van der Waals surface area contributed by atoms with Crippen molar-refractivity contribution in [3.05, 3.63) is 36.1 Å². The first kappa shape index (κ1) is 23.0. The quantitative estimate of drug-likeness (QED) is 0.643. The van der Waals surface area contributed by atoms with Gasteiger partial charge in [0.15, 0.2) is 5.82 Å². The van der Waals surface area contributed by atoms with Crippen molar-refractivity contribution in [2.45, 2.75) is 25.3 Å². The summed E-state index contributed by atoms with van der Waals surface area (Å²) in [5, 5.41) is 8.69. The molecule has 5 rings (SSSR count). The number of ether oxygens (including phenoxy) is 1. The van der Waals surface area contributed by atoms with E-state index >= 15 is 0 Å². The maximum Gasteiger partial charge on any atom is 0.236 e. The van der Waals surface area contributed by atoms with Crippen LogP contribution in [0.1, 0.15) is 19.3 Å². The maximum absolute atomic E-state index is 13.7. The van der Waals surface area contributed by atoms with Crippen LogP contribution >= 0.6 is 0 Å². The largest absolute Gasteiger partial charge is 0.496 e. The predicted octanol–water partition coefficient (Wildman–Crippen LogP) is 2.11. The van der Waals surface area contributed by atoms with E-state index in [0.717, 1.165) is 64.2 Å². The Balaban J connectivity index is 1.11. The number of benzene rings is 1. The molecule has 1 aromatic heterocycles. The molecule has 0 unspecified atom stereocenters. The summed E-state index contributed by atoms with van der Waals surface area (Å²) in [7, 11) is 1.55. The molecule has 9 heteroatoms. The fourth-order valence-electron chi connectivity index (χ4n) is 5.03. The molecule has 0 N–H and O–H groups in total. The highest BCUT2D eigenvalue weighted by Gasteiger charge is 2.30. The zero-order valence-electron chi connectivity index (χ0n) is 19.8. The number of methoxy groups -OCH3 is 1. The third kappa shape index (κ3) is 5.00. The third-order valence-corrected chi connectivity index (χ3v) is 7.40. The van der Waals surface area contributed by atoms with Gasteiger partial charge in [-0.1, -0.05) is 6.42 Å². The number of anilines is 1. The van der Waals surface area contributed by atoms with Gasteiger partial charge in [-0.3, -0.25) is 14.6 Å². The summed E-state index contributed by atoms with van der Waals surface area (Å²) in [5.41, 5.74) is 1.15. The molecular weight excluding hydrogens is 435 g/mol. The van der Waals surface area contributed by atoms with Gasteiger partial charge in [0.05, 0.1) is 19.3 Å². The van der Waals surface area contributed by atoms with E-state index in [-0.39, 0.29) is 11.7 Å². The van der Waals surface area contributed by atoms with Crippen LogP contribution in [0.2, 0.25) is 0 Å². The summed E-state index contributed by atoms with van der Waals surface area (Å²) in [6.07, 6.45) is 4.00. The zero-order chi connectivity index (χ0) is 23.5. The normalized spacial score (nSPS) is 20.3. The highest BCUT2D eigenvalue weighted by molar-refractivity contribution is 5.78. The minimum absolute atomic E-state index is 0.245. The van der Waals surface area contributed by atoms with Gasteiger partial charge in [0.1, 0.15) is 11.6 Å². The summed E-state index contributed by atoms with van der Waals surface area (Å²) in [6, 6.07) is 8.89. The number of aromatic nitrogens is 2. The van der Waals surface area contributed by atoms with E-state index in [9.17, 15) is 9.18 Å². The van der Waals surface area contributed by atoms with Crippen LogP contribution in [0.4, 0.5) is 10.2 Å². The molecule has 1 aliphatic carbocycles. The van der Waals surface area contributed by atoms with Crippen molar-refractivity contribution >= 4 is 11.7 Å². The number of amides is 1. The van der Waals surface area contributed by atoms with Crippen molar-refractivity contribution < 1.29 is 13.9 Å². The molecule has 3 fully saturated rings. The topological polar surface area (TPSA) is 65.0 Å². The van der Waals surface area contributed by atoms with Gasteiger partial charge >= 0.3 is 0 Å². The summed E-state index contributed by atoms with van der Waals surface area (Å²) < 4.78 is 19.0. The van der Waals surface area contributed by atoms with Crippen LogP contribution in [0.25, 0.3) is 11.3 Å². The summed E-state index contributed by atoms with van der Waals surface area (Å²) in [4.78, 5) is 21.8. The van der Waals surface area contributed by atoms with E-state index in [1.165, 1.54) is 31.4 Å². The van der Waals surface area contributed by atoms with E-state index < -0.39 is 0 Å². The van der Waals surface area contributed by atoms with Gasteiger partial charge in [-0.25, -0.2) is 4.39 Å². The summed E-state index contributed by atoms with van der Waals surface area (Å²) in [5.74, 6) is 1.26. The van der Waals surface area contributed by atoms with Crippen LogP contribution in [-0.4, -0.2) is 103 Å². The molecule has 182 valence electrons. The average Bonchev–Trinajstić information content (AvgIpc) is 2.84. The molecule has 2 aliphatic heterocycles. The van der Waals surface area contributed by atoms with Crippen molar-refractivity contribution in [3.63, 3.8) is 0 Å². The SMILES string of the molecule is COc1ccc(F)cc1-c1ccc(N2CCN(CC(=O)N3CCN(C4CCC4)CC3)CC2)nn1. The highest BCUT2D eigenvalue weighted by atomic mass is 19.1.